The molecule has 3 aromatic rings. The predicted molar refractivity (Wildman–Crippen MR) is 149 cm³/mol. The van der Waals surface area contributed by atoms with Crippen molar-refractivity contribution in [2.24, 2.45) is 0 Å². The molecule has 2 aliphatic rings. The monoisotopic (exact) mass is 552 g/mol. The van der Waals surface area contributed by atoms with Crippen LogP contribution in [0.4, 0.5) is 11.4 Å². The van der Waals surface area contributed by atoms with Gasteiger partial charge in [-0.05, 0) is 75.6 Å². The first kappa shape index (κ1) is 25.8. The van der Waals surface area contributed by atoms with Gasteiger partial charge in [-0.25, -0.2) is 0 Å². The van der Waals surface area contributed by atoms with E-state index in [1.165, 1.54) is 21.2 Å². The second-order valence-corrected chi connectivity index (χ2v) is 10.1. The fraction of sp³-hybridized carbons (Fsp3) is 0.345. The van der Waals surface area contributed by atoms with Crippen LogP contribution < -0.4 is 4.90 Å². The predicted octanol–water partition coefficient (Wildman–Crippen LogP) is 6.85. The zero-order valence-electron chi connectivity index (χ0n) is 20.2. The highest BCUT2D eigenvalue weighted by Gasteiger charge is 2.44. The Morgan fingerprint density at radius 2 is 1.43 bits per heavy atom. The number of nitrogens with zero attached hydrogens (tertiary/aromatic N) is 2. The number of benzene rings is 3. The number of para-hydroxylation sites is 2. The Hall–Kier alpha value is -2.28. The van der Waals surface area contributed by atoms with Crippen molar-refractivity contribution in [1.82, 2.24) is 4.90 Å². The Kier molecular flexibility index (Phi) is 8.58. The number of fused-ring (bicyclic) bond motifs is 2. The summed E-state index contributed by atoms with van der Waals surface area (Å²) in [5.74, 6) is -0.0696. The maximum absolute atomic E-state index is 13.0. The van der Waals surface area contributed by atoms with Crippen molar-refractivity contribution in [2.45, 2.75) is 41.4 Å². The molecule has 0 aromatic heterocycles. The molecule has 2 heterocycles. The molecule has 184 valence electrons. The van der Waals surface area contributed by atoms with Gasteiger partial charge >= 0.3 is 5.97 Å². The maximum Gasteiger partial charge on any atom is 0.316 e. The number of halogens is 1. The molecule has 0 aliphatic carbocycles. The largest absolute Gasteiger partial charge is 0.465 e. The van der Waals surface area contributed by atoms with Crippen LogP contribution in [0.3, 0.4) is 0 Å². The molecule has 0 atom stereocenters. The number of hydrogen-bond acceptors (Lipinski definition) is 5. The lowest BCUT2D eigenvalue weighted by Crippen LogP contribution is -2.48. The highest BCUT2D eigenvalue weighted by Crippen LogP contribution is 2.47. The van der Waals surface area contributed by atoms with Crippen LogP contribution in [0.2, 0.25) is 0 Å². The average molecular weight is 554 g/mol. The number of rotatable bonds is 7. The van der Waals surface area contributed by atoms with Gasteiger partial charge < -0.3 is 14.5 Å². The molecule has 3 aromatic carbocycles. The minimum absolute atomic E-state index is 0. The van der Waals surface area contributed by atoms with Crippen molar-refractivity contribution in [1.29, 1.82) is 0 Å². The summed E-state index contributed by atoms with van der Waals surface area (Å²) >= 11 is 1.86. The van der Waals surface area contributed by atoms with Crippen molar-refractivity contribution >= 4 is 46.1 Å². The van der Waals surface area contributed by atoms with Gasteiger partial charge in [0, 0.05) is 16.3 Å². The molecule has 0 amide bonds. The van der Waals surface area contributed by atoms with E-state index < -0.39 is 5.41 Å². The molecule has 2 aliphatic heterocycles. The molecule has 6 heteroatoms. The minimum Gasteiger partial charge on any atom is -0.465 e. The molecule has 0 N–H and O–H groups in total. The average Bonchev–Trinajstić information content (AvgIpc) is 2.89. The SMILES string of the molecule is Br.CCOC(=O)C1(c2ccccc2)CCN(CCCN2c3ccccc3Sc3ccccc32)CC1. The summed E-state index contributed by atoms with van der Waals surface area (Å²) in [5.41, 5.74) is 3.17. The standard InChI is InChI=1S/C29H32N2O2S.BrH/c1-2-33-28(32)29(23-11-4-3-5-12-23)17-21-30(22-18-29)19-10-20-31-24-13-6-8-15-26(24)34-27-16-9-7-14-25(27)31;/h3-9,11-16H,2,10,17-22H2,1H3;1H. The summed E-state index contributed by atoms with van der Waals surface area (Å²) in [4.78, 5) is 20.7. The van der Waals surface area contributed by atoms with Gasteiger partial charge in [-0.1, -0.05) is 66.4 Å². The normalized spacial score (nSPS) is 16.5. The zero-order chi connectivity index (χ0) is 23.4. The lowest BCUT2D eigenvalue weighted by atomic mass is 9.72. The second-order valence-electron chi connectivity index (χ2n) is 9.05. The third-order valence-corrected chi connectivity index (χ3v) is 8.22. The molecule has 0 radical (unpaired) electrons. The van der Waals surface area contributed by atoms with Crippen molar-refractivity contribution in [3.63, 3.8) is 0 Å². The molecule has 5 rings (SSSR count). The van der Waals surface area contributed by atoms with E-state index in [-0.39, 0.29) is 23.0 Å². The summed E-state index contributed by atoms with van der Waals surface area (Å²) in [5, 5.41) is 0. The molecule has 1 fully saturated rings. The quantitative estimate of drug-likeness (QED) is 0.299. The van der Waals surface area contributed by atoms with E-state index in [0.717, 1.165) is 51.0 Å². The molecule has 1 saturated heterocycles. The molecular weight excluding hydrogens is 520 g/mol. The first-order chi connectivity index (χ1) is 16.7. The highest BCUT2D eigenvalue weighted by molar-refractivity contribution is 8.93. The number of anilines is 2. The maximum atomic E-state index is 13.0. The van der Waals surface area contributed by atoms with Crippen molar-refractivity contribution < 1.29 is 9.53 Å². The van der Waals surface area contributed by atoms with Crippen LogP contribution in [-0.4, -0.2) is 43.7 Å². The van der Waals surface area contributed by atoms with Gasteiger partial charge in [-0.3, -0.25) is 4.79 Å². The zero-order valence-corrected chi connectivity index (χ0v) is 22.7. The first-order valence-corrected chi connectivity index (χ1v) is 13.1. The third kappa shape index (κ3) is 5.30. The van der Waals surface area contributed by atoms with Gasteiger partial charge in [0.05, 0.1) is 23.4 Å². The number of carbonyl (C=O) groups is 1. The molecule has 0 saturated carbocycles. The number of piperidine rings is 1. The number of carbonyl (C=O) groups excluding carboxylic acids is 1. The molecule has 0 unspecified atom stereocenters. The molecular formula is C29H33BrN2O2S. The lowest BCUT2D eigenvalue weighted by Gasteiger charge is -2.40. The fourth-order valence-electron chi connectivity index (χ4n) is 5.27. The molecule has 4 nitrogen and oxygen atoms in total. The van der Waals surface area contributed by atoms with Gasteiger partial charge in [-0.2, -0.15) is 0 Å². The Bertz CT molecular complexity index is 1090. The second kappa shape index (κ2) is 11.6. The first-order valence-electron chi connectivity index (χ1n) is 12.3. The van der Waals surface area contributed by atoms with E-state index in [9.17, 15) is 4.79 Å². The number of esters is 1. The number of likely N-dealkylation sites (tertiary alicyclic amines) is 1. The van der Waals surface area contributed by atoms with Gasteiger partial charge in [0.2, 0.25) is 0 Å². The van der Waals surface area contributed by atoms with Gasteiger partial charge in [0.15, 0.2) is 0 Å². The summed E-state index contributed by atoms with van der Waals surface area (Å²) in [6.45, 7) is 6.15. The summed E-state index contributed by atoms with van der Waals surface area (Å²) in [6, 6.07) is 27.6. The Labute approximate surface area is 223 Å². The highest BCUT2D eigenvalue weighted by atomic mass is 79.9. The van der Waals surface area contributed by atoms with Crippen molar-refractivity contribution in [2.75, 3.05) is 37.7 Å². The van der Waals surface area contributed by atoms with Crippen LogP contribution in [0.1, 0.15) is 31.7 Å². The van der Waals surface area contributed by atoms with Crippen LogP contribution in [0, 0.1) is 0 Å². The van der Waals surface area contributed by atoms with Crippen LogP contribution >= 0.6 is 28.7 Å². The minimum atomic E-state index is -0.518. The summed E-state index contributed by atoms with van der Waals surface area (Å²) in [7, 11) is 0. The number of ether oxygens (including phenoxy) is 1. The van der Waals surface area contributed by atoms with Gasteiger partial charge in [0.1, 0.15) is 0 Å². The third-order valence-electron chi connectivity index (χ3n) is 7.09. The van der Waals surface area contributed by atoms with E-state index in [1.54, 1.807) is 0 Å². The molecule has 0 spiro atoms. The summed E-state index contributed by atoms with van der Waals surface area (Å²) < 4.78 is 5.54. The van der Waals surface area contributed by atoms with E-state index >= 15 is 0 Å². The summed E-state index contributed by atoms with van der Waals surface area (Å²) in [6.07, 6.45) is 2.69. The van der Waals surface area contributed by atoms with Crippen LogP contribution in [-0.2, 0) is 14.9 Å². The van der Waals surface area contributed by atoms with Crippen molar-refractivity contribution in [3.8, 4) is 0 Å². The van der Waals surface area contributed by atoms with E-state index in [0.29, 0.717) is 6.61 Å². The Morgan fingerprint density at radius 3 is 2.03 bits per heavy atom. The molecule has 35 heavy (non-hydrogen) atoms. The Morgan fingerprint density at radius 1 is 0.857 bits per heavy atom. The van der Waals surface area contributed by atoms with Gasteiger partial charge in [0.25, 0.3) is 0 Å². The van der Waals surface area contributed by atoms with Crippen LogP contribution in [0.5, 0.6) is 0 Å². The topological polar surface area (TPSA) is 32.8 Å². The van der Waals surface area contributed by atoms with E-state index in [1.807, 2.05) is 36.9 Å². The molecule has 0 bridgehead atoms. The van der Waals surface area contributed by atoms with Crippen molar-refractivity contribution in [3.05, 3.63) is 84.4 Å². The van der Waals surface area contributed by atoms with E-state index in [2.05, 4.69) is 70.5 Å². The van der Waals surface area contributed by atoms with Crippen LogP contribution in [0.25, 0.3) is 0 Å². The Balaban J connectivity index is 0.00000289. The lowest BCUT2D eigenvalue weighted by molar-refractivity contribution is -0.152. The van der Waals surface area contributed by atoms with E-state index in [4.69, 9.17) is 4.74 Å². The number of hydrogen-bond donors (Lipinski definition) is 0. The van der Waals surface area contributed by atoms with Crippen LogP contribution in [0.15, 0.2) is 88.7 Å². The smallest absolute Gasteiger partial charge is 0.316 e. The van der Waals surface area contributed by atoms with Gasteiger partial charge in [-0.15, -0.1) is 17.0 Å². The fourth-order valence-corrected chi connectivity index (χ4v) is 6.37.